The van der Waals surface area contributed by atoms with Crippen LogP contribution in [0.1, 0.15) is 18.1 Å². The molecule has 0 amide bonds. The van der Waals surface area contributed by atoms with E-state index in [2.05, 4.69) is 0 Å². The highest BCUT2D eigenvalue weighted by Crippen LogP contribution is 2.24. The molecule has 114 valence electrons. The highest BCUT2D eigenvalue weighted by molar-refractivity contribution is 8.01. The number of nitriles is 1. The Kier molecular flexibility index (Phi) is 5.25. The Hall–Kier alpha value is -1.10. The zero-order chi connectivity index (χ0) is 15.5. The molecule has 0 aromatic heterocycles. The lowest BCUT2D eigenvalue weighted by molar-refractivity contribution is 0.258. The first-order chi connectivity index (χ1) is 9.99. The van der Waals surface area contributed by atoms with Gasteiger partial charge in [0.15, 0.2) is 9.84 Å². The number of benzene rings is 1. The molecule has 0 N–H and O–H groups in total. The van der Waals surface area contributed by atoms with Gasteiger partial charge in [0.25, 0.3) is 0 Å². The summed E-state index contributed by atoms with van der Waals surface area (Å²) < 4.78 is 38.5. The van der Waals surface area contributed by atoms with Crippen molar-refractivity contribution >= 4 is 21.6 Å². The van der Waals surface area contributed by atoms with Gasteiger partial charge in [-0.1, -0.05) is 19.1 Å². The van der Waals surface area contributed by atoms with E-state index in [1.54, 1.807) is 35.7 Å². The van der Waals surface area contributed by atoms with Crippen molar-refractivity contribution in [1.29, 1.82) is 5.26 Å². The molecule has 1 atom stereocenters. The molecule has 0 aliphatic carbocycles. The van der Waals surface area contributed by atoms with E-state index in [-0.39, 0.29) is 17.9 Å². The predicted octanol–water partition coefficient (Wildman–Crippen LogP) is 2.01. The molecular formula is C14H17FN2O2S2. The molecule has 1 aromatic rings. The van der Waals surface area contributed by atoms with E-state index in [0.29, 0.717) is 17.9 Å². The Morgan fingerprint density at radius 2 is 2.29 bits per heavy atom. The zero-order valence-corrected chi connectivity index (χ0v) is 13.4. The molecule has 1 fully saturated rings. The highest BCUT2D eigenvalue weighted by atomic mass is 32.2. The van der Waals surface area contributed by atoms with Gasteiger partial charge in [-0.3, -0.25) is 4.90 Å². The van der Waals surface area contributed by atoms with Gasteiger partial charge in [-0.15, -0.1) is 0 Å². The van der Waals surface area contributed by atoms with Crippen LogP contribution in [0, 0.1) is 17.1 Å². The number of hydrogen-bond donors (Lipinski definition) is 0. The topological polar surface area (TPSA) is 61.2 Å². The number of halogens is 1. The van der Waals surface area contributed by atoms with Crippen molar-refractivity contribution in [2.75, 3.05) is 23.8 Å². The fraction of sp³-hybridized carbons (Fsp3) is 0.500. The fourth-order valence-electron chi connectivity index (χ4n) is 2.33. The summed E-state index contributed by atoms with van der Waals surface area (Å²) in [7, 11) is -3.20. The zero-order valence-electron chi connectivity index (χ0n) is 11.8. The summed E-state index contributed by atoms with van der Waals surface area (Å²) in [4.78, 5) is 1.80. The molecule has 1 unspecified atom stereocenters. The Labute approximate surface area is 128 Å². The molecular weight excluding hydrogens is 311 g/mol. The minimum Gasteiger partial charge on any atom is -0.281 e. The maximum Gasteiger partial charge on any atom is 0.166 e. The van der Waals surface area contributed by atoms with Crippen LogP contribution in [0.5, 0.6) is 0 Å². The van der Waals surface area contributed by atoms with Gasteiger partial charge in [0.1, 0.15) is 17.3 Å². The molecule has 21 heavy (non-hydrogen) atoms. The van der Waals surface area contributed by atoms with Gasteiger partial charge in [-0.25, -0.2) is 12.8 Å². The van der Waals surface area contributed by atoms with Crippen molar-refractivity contribution < 1.29 is 12.8 Å². The molecule has 7 heteroatoms. The molecule has 1 aromatic carbocycles. The third-order valence-corrected chi connectivity index (χ3v) is 6.91. The minimum atomic E-state index is -3.20. The third-order valence-electron chi connectivity index (χ3n) is 3.58. The first kappa shape index (κ1) is 16.3. The van der Waals surface area contributed by atoms with Gasteiger partial charge in [-0.2, -0.15) is 17.0 Å². The SMILES string of the molecule is CCS(=O)(=O)C1CSCCN1Cc1cccc(C#N)c1F. The van der Waals surface area contributed by atoms with Crippen LogP contribution in [0.3, 0.4) is 0 Å². The van der Waals surface area contributed by atoms with Crippen molar-refractivity contribution in [3.8, 4) is 6.07 Å². The van der Waals surface area contributed by atoms with E-state index in [9.17, 15) is 12.8 Å². The van der Waals surface area contributed by atoms with E-state index in [4.69, 9.17) is 5.26 Å². The van der Waals surface area contributed by atoms with Crippen LogP contribution in [-0.4, -0.2) is 42.5 Å². The standard InChI is InChI=1S/C14H17FN2O2S2/c1-2-21(18,19)13-10-20-7-6-17(13)9-12-5-3-4-11(8-16)14(12)15/h3-5,13H,2,6-7,9-10H2,1H3. The molecule has 0 saturated carbocycles. The average molecular weight is 328 g/mol. The lowest BCUT2D eigenvalue weighted by Gasteiger charge is -2.34. The van der Waals surface area contributed by atoms with Gasteiger partial charge in [0.05, 0.1) is 5.56 Å². The van der Waals surface area contributed by atoms with Crippen molar-refractivity contribution in [3.05, 3.63) is 35.1 Å². The summed E-state index contributed by atoms with van der Waals surface area (Å²) in [5, 5.41) is 8.29. The van der Waals surface area contributed by atoms with Crippen molar-refractivity contribution in [3.63, 3.8) is 0 Å². The second-order valence-electron chi connectivity index (χ2n) is 4.84. The third kappa shape index (κ3) is 3.57. The average Bonchev–Trinajstić information content (AvgIpc) is 2.50. The molecule has 0 bridgehead atoms. The van der Waals surface area contributed by atoms with E-state index >= 15 is 0 Å². The Balaban J connectivity index is 2.27. The normalized spacial score (nSPS) is 20.1. The van der Waals surface area contributed by atoms with Crippen LogP contribution in [0.25, 0.3) is 0 Å². The fourth-order valence-corrected chi connectivity index (χ4v) is 5.41. The van der Waals surface area contributed by atoms with Crippen LogP contribution in [0.15, 0.2) is 18.2 Å². The smallest absolute Gasteiger partial charge is 0.166 e. The first-order valence-corrected chi connectivity index (χ1v) is 9.57. The lowest BCUT2D eigenvalue weighted by atomic mass is 10.1. The number of rotatable bonds is 4. The maximum absolute atomic E-state index is 14.1. The minimum absolute atomic E-state index is 0.00576. The second-order valence-corrected chi connectivity index (χ2v) is 8.44. The molecule has 1 aliphatic heterocycles. The van der Waals surface area contributed by atoms with E-state index < -0.39 is 21.0 Å². The quantitative estimate of drug-likeness (QED) is 0.846. The molecule has 4 nitrogen and oxygen atoms in total. The van der Waals surface area contributed by atoms with E-state index in [0.717, 1.165) is 5.75 Å². The Morgan fingerprint density at radius 1 is 1.52 bits per heavy atom. The highest BCUT2D eigenvalue weighted by Gasteiger charge is 2.33. The summed E-state index contributed by atoms with van der Waals surface area (Å²) in [6.45, 7) is 2.44. The van der Waals surface area contributed by atoms with Crippen LogP contribution in [-0.2, 0) is 16.4 Å². The monoisotopic (exact) mass is 328 g/mol. The van der Waals surface area contributed by atoms with E-state index in [1.807, 2.05) is 6.07 Å². The summed E-state index contributed by atoms with van der Waals surface area (Å²) >= 11 is 1.60. The summed E-state index contributed by atoms with van der Waals surface area (Å²) in [5.74, 6) is 0.867. The van der Waals surface area contributed by atoms with Crippen LogP contribution >= 0.6 is 11.8 Å². The van der Waals surface area contributed by atoms with Gasteiger partial charge in [-0.05, 0) is 6.07 Å². The number of hydrogen-bond acceptors (Lipinski definition) is 5. The Bertz CT molecular complexity index is 655. The summed E-state index contributed by atoms with van der Waals surface area (Å²) in [6, 6.07) is 6.46. The van der Waals surface area contributed by atoms with Gasteiger partial charge in [0.2, 0.25) is 0 Å². The van der Waals surface area contributed by atoms with Gasteiger partial charge in [0, 0.05) is 35.9 Å². The molecule has 1 aliphatic rings. The maximum atomic E-state index is 14.1. The predicted molar refractivity (Wildman–Crippen MR) is 82.1 cm³/mol. The largest absolute Gasteiger partial charge is 0.281 e. The Morgan fingerprint density at radius 3 is 2.95 bits per heavy atom. The van der Waals surface area contributed by atoms with Crippen molar-refractivity contribution in [2.24, 2.45) is 0 Å². The van der Waals surface area contributed by atoms with E-state index in [1.165, 1.54) is 6.07 Å². The number of sulfone groups is 1. The van der Waals surface area contributed by atoms with Gasteiger partial charge < -0.3 is 0 Å². The van der Waals surface area contributed by atoms with Crippen LogP contribution in [0.2, 0.25) is 0 Å². The van der Waals surface area contributed by atoms with Crippen LogP contribution < -0.4 is 0 Å². The first-order valence-electron chi connectivity index (χ1n) is 6.70. The summed E-state index contributed by atoms with van der Waals surface area (Å²) in [5.41, 5.74) is 0.367. The molecule has 1 heterocycles. The van der Waals surface area contributed by atoms with Gasteiger partial charge >= 0.3 is 0 Å². The molecule has 2 rings (SSSR count). The molecule has 0 radical (unpaired) electrons. The second kappa shape index (κ2) is 6.77. The number of thioether (sulfide) groups is 1. The van der Waals surface area contributed by atoms with Crippen molar-refractivity contribution in [2.45, 2.75) is 18.8 Å². The number of nitrogens with zero attached hydrogens (tertiary/aromatic N) is 2. The lowest BCUT2D eigenvalue weighted by Crippen LogP contribution is -2.47. The summed E-state index contributed by atoms with van der Waals surface area (Å²) in [6.07, 6.45) is 0. The molecule has 0 spiro atoms. The van der Waals surface area contributed by atoms with Crippen LogP contribution in [0.4, 0.5) is 4.39 Å². The van der Waals surface area contributed by atoms with Crippen molar-refractivity contribution in [1.82, 2.24) is 4.90 Å². The molecule has 1 saturated heterocycles.